The van der Waals surface area contributed by atoms with E-state index >= 15 is 0 Å². The van der Waals surface area contributed by atoms with E-state index in [1.165, 1.54) is 0 Å². The standard InChI is InChI=1S/C27H38N2O2Si/c1-6-19-32(20-7-2,21-8-3)29-25(30)27(23-15-11-9-12-16-23,24-17-13-10-14-18-24)28(22(4)5)26(29)31/h9-18,22H,6-8,19-21H2,1-5H3. The van der Waals surface area contributed by atoms with Crippen molar-refractivity contribution in [3.05, 3.63) is 71.8 Å². The van der Waals surface area contributed by atoms with Gasteiger partial charge in [0.05, 0.1) is 0 Å². The molecular formula is C27H38N2O2Si. The number of carbonyl (C=O) groups is 2. The van der Waals surface area contributed by atoms with Crippen molar-refractivity contribution in [1.29, 1.82) is 0 Å². The maximum atomic E-state index is 14.7. The van der Waals surface area contributed by atoms with Crippen LogP contribution in [0.1, 0.15) is 65.0 Å². The number of hydrogen-bond acceptors (Lipinski definition) is 2. The van der Waals surface area contributed by atoms with Crippen LogP contribution in [0.5, 0.6) is 0 Å². The van der Waals surface area contributed by atoms with Gasteiger partial charge in [0, 0.05) is 6.04 Å². The summed E-state index contributed by atoms with van der Waals surface area (Å²) in [6.07, 6.45) is 2.98. The molecule has 1 aliphatic heterocycles. The smallest absolute Gasteiger partial charge is 0.300 e. The molecule has 4 nitrogen and oxygen atoms in total. The van der Waals surface area contributed by atoms with Crippen molar-refractivity contribution in [2.24, 2.45) is 0 Å². The zero-order valence-corrected chi connectivity index (χ0v) is 21.3. The van der Waals surface area contributed by atoms with E-state index in [1.807, 2.05) is 84.0 Å². The number of hydrogen-bond donors (Lipinski definition) is 0. The van der Waals surface area contributed by atoms with E-state index in [-0.39, 0.29) is 18.0 Å². The van der Waals surface area contributed by atoms with E-state index in [0.717, 1.165) is 48.5 Å². The maximum Gasteiger partial charge on any atom is 0.320 e. The van der Waals surface area contributed by atoms with Gasteiger partial charge in [-0.1, -0.05) is 101 Å². The number of imide groups is 1. The molecule has 2 aromatic carbocycles. The summed E-state index contributed by atoms with van der Waals surface area (Å²) in [4.78, 5) is 30.8. The minimum Gasteiger partial charge on any atom is -0.300 e. The number of amides is 3. The fourth-order valence-electron chi connectivity index (χ4n) is 5.79. The van der Waals surface area contributed by atoms with Gasteiger partial charge in [-0.15, -0.1) is 0 Å². The lowest BCUT2D eigenvalue weighted by Crippen LogP contribution is -2.57. The van der Waals surface area contributed by atoms with Crippen LogP contribution in [-0.4, -0.2) is 35.7 Å². The molecular weight excluding hydrogens is 412 g/mol. The lowest BCUT2D eigenvalue weighted by molar-refractivity contribution is -0.129. The molecule has 1 saturated heterocycles. The summed E-state index contributed by atoms with van der Waals surface area (Å²) in [6.45, 7) is 10.6. The zero-order valence-electron chi connectivity index (χ0n) is 20.3. The van der Waals surface area contributed by atoms with Gasteiger partial charge >= 0.3 is 6.03 Å². The molecule has 0 N–H and O–H groups in total. The van der Waals surface area contributed by atoms with Gasteiger partial charge in [0.15, 0.2) is 13.8 Å². The minimum atomic E-state index is -2.34. The normalized spacial score (nSPS) is 16.3. The second kappa shape index (κ2) is 10.0. The summed E-state index contributed by atoms with van der Waals surface area (Å²) in [5.41, 5.74) is 0.614. The third-order valence-corrected chi connectivity index (χ3v) is 12.4. The molecule has 0 atom stereocenters. The van der Waals surface area contributed by atoms with E-state index < -0.39 is 13.8 Å². The number of nitrogens with zero attached hydrogens (tertiary/aromatic N) is 2. The Balaban J connectivity index is 2.35. The predicted molar refractivity (Wildman–Crippen MR) is 134 cm³/mol. The van der Waals surface area contributed by atoms with E-state index in [0.29, 0.717) is 0 Å². The van der Waals surface area contributed by atoms with Crippen LogP contribution in [0.25, 0.3) is 0 Å². The Kier molecular flexibility index (Phi) is 7.60. The van der Waals surface area contributed by atoms with Crippen LogP contribution >= 0.6 is 0 Å². The summed E-state index contributed by atoms with van der Waals surface area (Å²) in [5.74, 6) is -0.0457. The van der Waals surface area contributed by atoms with Crippen molar-refractivity contribution in [3.8, 4) is 0 Å². The topological polar surface area (TPSA) is 40.6 Å². The Bertz CT molecular complexity index is 857. The lowest BCUT2D eigenvalue weighted by atomic mass is 9.81. The molecule has 1 aliphatic rings. The fourth-order valence-corrected chi connectivity index (χ4v) is 11.1. The quantitative estimate of drug-likeness (QED) is 0.296. The number of rotatable bonds is 10. The Morgan fingerprint density at radius 2 is 1.16 bits per heavy atom. The first kappa shape index (κ1) is 24.2. The molecule has 2 aromatic rings. The molecule has 0 radical (unpaired) electrons. The fraction of sp³-hybridized carbons (Fsp3) is 0.481. The molecule has 0 spiro atoms. The first-order valence-corrected chi connectivity index (χ1v) is 14.8. The van der Waals surface area contributed by atoms with Crippen LogP contribution < -0.4 is 0 Å². The van der Waals surface area contributed by atoms with Gasteiger partial charge in [-0.3, -0.25) is 14.3 Å². The van der Waals surface area contributed by atoms with Gasteiger partial charge in [-0.2, -0.15) is 0 Å². The Hall–Kier alpha value is -2.40. The lowest BCUT2D eigenvalue weighted by Gasteiger charge is -2.39. The van der Waals surface area contributed by atoms with E-state index in [1.54, 1.807) is 0 Å². The Labute approximate surface area is 194 Å². The van der Waals surface area contributed by atoms with Gasteiger partial charge in [0.25, 0.3) is 5.91 Å². The van der Waals surface area contributed by atoms with E-state index in [4.69, 9.17) is 0 Å². The third-order valence-electron chi connectivity index (χ3n) is 6.79. The first-order valence-electron chi connectivity index (χ1n) is 12.2. The second-order valence-electron chi connectivity index (χ2n) is 9.30. The molecule has 0 bridgehead atoms. The zero-order chi connectivity index (χ0) is 23.4. The molecule has 0 saturated carbocycles. The van der Waals surface area contributed by atoms with Gasteiger partial charge in [-0.25, -0.2) is 4.79 Å². The summed E-state index contributed by atoms with van der Waals surface area (Å²) < 4.78 is 1.81. The molecule has 32 heavy (non-hydrogen) atoms. The summed E-state index contributed by atoms with van der Waals surface area (Å²) in [7, 11) is -2.34. The van der Waals surface area contributed by atoms with E-state index in [9.17, 15) is 9.59 Å². The molecule has 0 aromatic heterocycles. The van der Waals surface area contributed by atoms with Gasteiger partial charge in [0.1, 0.15) is 0 Å². The SMILES string of the molecule is CCC[Si](CCC)(CCC)N1C(=O)N(C(C)C)C(c2ccccc2)(c2ccccc2)C1=O. The molecule has 5 heteroatoms. The highest BCUT2D eigenvalue weighted by atomic mass is 28.3. The van der Waals surface area contributed by atoms with Crippen molar-refractivity contribution in [3.63, 3.8) is 0 Å². The van der Waals surface area contributed by atoms with Crippen molar-refractivity contribution < 1.29 is 9.59 Å². The van der Waals surface area contributed by atoms with Crippen LogP contribution in [0.4, 0.5) is 4.79 Å². The predicted octanol–water partition coefficient (Wildman–Crippen LogP) is 6.78. The van der Waals surface area contributed by atoms with Crippen molar-refractivity contribution in [2.45, 2.75) is 83.6 Å². The second-order valence-corrected chi connectivity index (χ2v) is 13.7. The van der Waals surface area contributed by atoms with Crippen LogP contribution in [0.2, 0.25) is 18.1 Å². The number of urea groups is 1. The molecule has 1 fully saturated rings. The summed E-state index contributed by atoms with van der Waals surface area (Å²) in [6, 6.07) is 22.5. The van der Waals surface area contributed by atoms with Gasteiger partial charge < -0.3 is 0 Å². The molecule has 3 rings (SSSR count). The van der Waals surface area contributed by atoms with Crippen molar-refractivity contribution >= 4 is 20.2 Å². The largest absolute Gasteiger partial charge is 0.320 e. The summed E-state index contributed by atoms with van der Waals surface area (Å²) >= 11 is 0. The molecule has 1 heterocycles. The highest BCUT2D eigenvalue weighted by Crippen LogP contribution is 2.48. The number of carbonyl (C=O) groups excluding carboxylic acids is 2. The monoisotopic (exact) mass is 450 g/mol. The minimum absolute atomic E-state index is 0.0457. The average molecular weight is 451 g/mol. The first-order chi connectivity index (χ1) is 15.4. The summed E-state index contributed by atoms with van der Waals surface area (Å²) in [5, 5.41) is 0. The Morgan fingerprint density at radius 3 is 1.50 bits per heavy atom. The highest BCUT2D eigenvalue weighted by molar-refractivity contribution is 6.81. The van der Waals surface area contributed by atoms with Crippen molar-refractivity contribution in [2.75, 3.05) is 0 Å². The van der Waals surface area contributed by atoms with Crippen LogP contribution in [-0.2, 0) is 10.3 Å². The third kappa shape index (κ3) is 3.81. The van der Waals surface area contributed by atoms with Crippen LogP contribution in [0.3, 0.4) is 0 Å². The molecule has 172 valence electrons. The average Bonchev–Trinajstić information content (AvgIpc) is 3.03. The highest BCUT2D eigenvalue weighted by Gasteiger charge is 2.64. The van der Waals surface area contributed by atoms with Crippen LogP contribution in [0.15, 0.2) is 60.7 Å². The van der Waals surface area contributed by atoms with E-state index in [2.05, 4.69) is 20.8 Å². The van der Waals surface area contributed by atoms with Gasteiger partial charge in [-0.05, 0) is 43.1 Å². The van der Waals surface area contributed by atoms with Crippen LogP contribution in [0, 0.1) is 0 Å². The van der Waals surface area contributed by atoms with Crippen molar-refractivity contribution in [1.82, 2.24) is 9.47 Å². The molecule has 3 amide bonds. The Morgan fingerprint density at radius 1 is 0.750 bits per heavy atom. The maximum absolute atomic E-state index is 14.7. The molecule has 0 unspecified atom stereocenters. The van der Waals surface area contributed by atoms with Gasteiger partial charge in [0.2, 0.25) is 0 Å². The molecule has 0 aliphatic carbocycles. The number of benzene rings is 2.